The zero-order valence-corrected chi connectivity index (χ0v) is 20.2. The molecule has 0 aromatic carbocycles. The van der Waals surface area contributed by atoms with Crippen LogP contribution in [0, 0.1) is 46.3 Å². The number of hydrogen-bond donors (Lipinski definition) is 0. The van der Waals surface area contributed by atoms with E-state index in [9.17, 15) is 9.59 Å². The zero-order chi connectivity index (χ0) is 22.6. The summed E-state index contributed by atoms with van der Waals surface area (Å²) in [6.45, 7) is 14.4. The molecule has 0 aromatic rings. The Balaban J connectivity index is 1.64. The fourth-order valence-electron chi connectivity index (χ4n) is 8.93. The highest BCUT2D eigenvalue weighted by Crippen LogP contribution is 2.68. The quantitative estimate of drug-likeness (QED) is 0.409. The van der Waals surface area contributed by atoms with Crippen LogP contribution in [-0.4, -0.2) is 24.1 Å². The molecular weight excluding hydrogens is 388 g/mol. The predicted octanol–water partition coefficient (Wildman–Crippen LogP) is 5.94. The highest BCUT2D eigenvalue weighted by Gasteiger charge is 2.64. The van der Waals surface area contributed by atoms with Crippen molar-refractivity contribution in [2.24, 2.45) is 46.3 Å². The van der Waals surface area contributed by atoms with E-state index in [0.29, 0.717) is 35.5 Å². The summed E-state index contributed by atoms with van der Waals surface area (Å²) in [6, 6.07) is 0. The lowest BCUT2D eigenvalue weighted by Gasteiger charge is -2.62. The molecule has 4 rings (SSSR count). The van der Waals surface area contributed by atoms with E-state index >= 15 is 0 Å². The maximum Gasteiger partial charge on any atom is 0.302 e. The van der Waals surface area contributed by atoms with Crippen molar-refractivity contribution in [1.29, 1.82) is 0 Å². The number of esters is 2. The number of carbonyl (C=O) groups is 2. The summed E-state index contributed by atoms with van der Waals surface area (Å²) in [7, 11) is 0. The molecule has 4 saturated carbocycles. The summed E-state index contributed by atoms with van der Waals surface area (Å²) >= 11 is 0. The molecule has 0 aliphatic heterocycles. The van der Waals surface area contributed by atoms with Crippen LogP contribution in [0.15, 0.2) is 12.7 Å². The Hall–Kier alpha value is -1.32. The smallest absolute Gasteiger partial charge is 0.302 e. The second-order valence-electron chi connectivity index (χ2n) is 11.6. The van der Waals surface area contributed by atoms with E-state index in [-0.39, 0.29) is 35.0 Å². The Morgan fingerprint density at radius 2 is 1.68 bits per heavy atom. The number of ether oxygens (including phenoxy) is 2. The molecule has 174 valence electrons. The summed E-state index contributed by atoms with van der Waals surface area (Å²) in [6.07, 6.45) is 11.2. The van der Waals surface area contributed by atoms with Crippen molar-refractivity contribution in [2.45, 2.75) is 98.2 Å². The molecule has 0 aromatic heterocycles. The third-order valence-electron chi connectivity index (χ3n) is 10.4. The Morgan fingerprint density at radius 1 is 0.968 bits per heavy atom. The van der Waals surface area contributed by atoms with Crippen LogP contribution in [0.5, 0.6) is 0 Å². The highest BCUT2D eigenvalue weighted by molar-refractivity contribution is 5.66. The van der Waals surface area contributed by atoms with Crippen molar-refractivity contribution in [3.05, 3.63) is 12.7 Å². The lowest BCUT2D eigenvalue weighted by Crippen LogP contribution is -2.59. The van der Waals surface area contributed by atoms with Crippen LogP contribution in [0.3, 0.4) is 0 Å². The van der Waals surface area contributed by atoms with Gasteiger partial charge in [0.05, 0.1) is 0 Å². The van der Waals surface area contributed by atoms with Gasteiger partial charge in [0, 0.05) is 19.3 Å². The third-order valence-corrected chi connectivity index (χ3v) is 10.4. The van der Waals surface area contributed by atoms with E-state index < -0.39 is 0 Å². The van der Waals surface area contributed by atoms with Crippen LogP contribution >= 0.6 is 0 Å². The number of carbonyl (C=O) groups excluding carboxylic acids is 2. The molecule has 0 N–H and O–H groups in total. The summed E-state index contributed by atoms with van der Waals surface area (Å²) < 4.78 is 11.8. The number of allylic oxidation sites excluding steroid dienone is 1. The molecule has 0 unspecified atom stereocenters. The van der Waals surface area contributed by atoms with Crippen LogP contribution in [0.2, 0.25) is 0 Å². The summed E-state index contributed by atoms with van der Waals surface area (Å²) in [5.41, 5.74) is 0.292. The van der Waals surface area contributed by atoms with E-state index in [2.05, 4.69) is 33.4 Å². The lowest BCUT2D eigenvalue weighted by molar-refractivity contribution is -0.196. The minimum Gasteiger partial charge on any atom is -0.463 e. The maximum atomic E-state index is 12.2. The lowest BCUT2D eigenvalue weighted by atomic mass is 9.43. The van der Waals surface area contributed by atoms with Gasteiger partial charge in [0.25, 0.3) is 0 Å². The monoisotopic (exact) mass is 430 g/mol. The molecule has 10 atom stereocenters. The molecule has 0 heterocycles. The summed E-state index contributed by atoms with van der Waals surface area (Å²) in [4.78, 5) is 23.7. The first kappa shape index (κ1) is 22.9. The average Bonchev–Trinajstić information content (AvgIpc) is 3.06. The first-order chi connectivity index (χ1) is 14.6. The Kier molecular flexibility index (Phi) is 6.07. The zero-order valence-electron chi connectivity index (χ0n) is 20.2. The van der Waals surface area contributed by atoms with Gasteiger partial charge in [-0.2, -0.15) is 0 Å². The van der Waals surface area contributed by atoms with Crippen molar-refractivity contribution in [2.75, 3.05) is 0 Å². The Morgan fingerprint density at radius 3 is 2.32 bits per heavy atom. The fourth-order valence-corrected chi connectivity index (χ4v) is 8.93. The molecular formula is C27H42O4. The van der Waals surface area contributed by atoms with E-state index in [4.69, 9.17) is 9.47 Å². The van der Waals surface area contributed by atoms with Crippen molar-refractivity contribution < 1.29 is 19.1 Å². The molecule has 4 aliphatic carbocycles. The molecule has 0 spiro atoms. The van der Waals surface area contributed by atoms with Gasteiger partial charge < -0.3 is 9.47 Å². The second kappa shape index (κ2) is 8.23. The second-order valence-corrected chi connectivity index (χ2v) is 11.6. The van der Waals surface area contributed by atoms with Crippen LogP contribution in [-0.2, 0) is 19.1 Å². The summed E-state index contributed by atoms with van der Waals surface area (Å²) in [5, 5.41) is 0. The van der Waals surface area contributed by atoms with Crippen molar-refractivity contribution in [3.63, 3.8) is 0 Å². The normalized spacial score (nSPS) is 47.3. The van der Waals surface area contributed by atoms with Gasteiger partial charge in [-0.15, -0.1) is 6.58 Å². The van der Waals surface area contributed by atoms with E-state index in [1.807, 2.05) is 0 Å². The SMILES string of the molecule is C=C[C@@H](C)[C@H]1CC[C@H]2[C@@H]3CC[C@@H]4C[C@H](OC(C)=O)CC[C@]4(C)[C@H]3C[C@H](OC(C)=O)[C@]12C. The molecule has 4 heteroatoms. The summed E-state index contributed by atoms with van der Waals surface area (Å²) in [5.74, 6) is 3.19. The van der Waals surface area contributed by atoms with Gasteiger partial charge in [-0.3, -0.25) is 9.59 Å². The third kappa shape index (κ3) is 3.66. The van der Waals surface area contributed by atoms with Gasteiger partial charge in [-0.05, 0) is 92.3 Å². The van der Waals surface area contributed by atoms with Crippen LogP contribution in [0.25, 0.3) is 0 Å². The van der Waals surface area contributed by atoms with Gasteiger partial charge in [-0.25, -0.2) is 0 Å². The first-order valence-electron chi connectivity index (χ1n) is 12.6. The molecule has 0 radical (unpaired) electrons. The largest absolute Gasteiger partial charge is 0.463 e. The molecule has 0 saturated heterocycles. The molecule has 0 amide bonds. The Bertz CT molecular complexity index is 731. The average molecular weight is 431 g/mol. The van der Waals surface area contributed by atoms with Crippen molar-refractivity contribution in [1.82, 2.24) is 0 Å². The minimum absolute atomic E-state index is 0.00656. The molecule has 31 heavy (non-hydrogen) atoms. The number of hydrogen-bond acceptors (Lipinski definition) is 4. The van der Waals surface area contributed by atoms with Crippen molar-refractivity contribution >= 4 is 11.9 Å². The van der Waals surface area contributed by atoms with Gasteiger partial charge >= 0.3 is 11.9 Å². The van der Waals surface area contributed by atoms with Gasteiger partial charge in [0.2, 0.25) is 0 Å². The van der Waals surface area contributed by atoms with Crippen LogP contribution in [0.1, 0.15) is 86.0 Å². The van der Waals surface area contributed by atoms with E-state index in [1.54, 1.807) is 6.92 Å². The molecule has 4 aliphatic rings. The predicted molar refractivity (Wildman–Crippen MR) is 121 cm³/mol. The maximum absolute atomic E-state index is 12.2. The standard InChI is InChI=1S/C27H42O4/c1-7-16(2)22-10-11-23-21-9-8-19-14-20(30-17(3)28)12-13-26(19,5)24(21)15-25(27(22,23)6)31-18(4)29/h7,16,19-25H,1,8-15H2,2-6H3/t16-,19-,20-,21+,22-,23+,24+,25+,26+,27-/m1/s1. The Labute approximate surface area is 188 Å². The number of fused-ring (bicyclic) bond motifs is 5. The van der Waals surface area contributed by atoms with Gasteiger partial charge in [-0.1, -0.05) is 26.8 Å². The molecule has 4 nitrogen and oxygen atoms in total. The number of rotatable bonds is 4. The van der Waals surface area contributed by atoms with Crippen LogP contribution < -0.4 is 0 Å². The van der Waals surface area contributed by atoms with Crippen LogP contribution in [0.4, 0.5) is 0 Å². The molecule has 4 fully saturated rings. The first-order valence-corrected chi connectivity index (χ1v) is 12.6. The fraction of sp³-hybridized carbons (Fsp3) is 0.852. The highest BCUT2D eigenvalue weighted by atomic mass is 16.5. The van der Waals surface area contributed by atoms with E-state index in [1.165, 1.54) is 32.6 Å². The van der Waals surface area contributed by atoms with Gasteiger partial charge in [0.15, 0.2) is 0 Å². The topological polar surface area (TPSA) is 52.6 Å². The van der Waals surface area contributed by atoms with Crippen molar-refractivity contribution in [3.8, 4) is 0 Å². The van der Waals surface area contributed by atoms with E-state index in [0.717, 1.165) is 25.7 Å². The molecule has 0 bridgehead atoms. The minimum atomic E-state index is -0.154. The van der Waals surface area contributed by atoms with Gasteiger partial charge in [0.1, 0.15) is 12.2 Å².